The second kappa shape index (κ2) is 4.04. The minimum absolute atomic E-state index is 0.0987. The normalized spacial score (nSPS) is 32.7. The van der Waals surface area contributed by atoms with Gasteiger partial charge in [0.15, 0.2) is 6.29 Å². The Hall–Kier alpha value is -0.120. The fraction of sp³-hybridized carbons (Fsp3) is 1.00. The number of rotatable bonds is 2. The lowest BCUT2D eigenvalue weighted by Crippen LogP contribution is -2.32. The molecule has 1 fully saturated rings. The van der Waals surface area contributed by atoms with E-state index in [1.807, 2.05) is 13.8 Å². The summed E-state index contributed by atoms with van der Waals surface area (Å²) in [7, 11) is 0. The van der Waals surface area contributed by atoms with Crippen molar-refractivity contribution in [2.24, 2.45) is 0 Å². The first-order valence-corrected chi connectivity index (χ1v) is 4.13. The number of aliphatic hydroxyl groups excluding tert-OH is 1. The fourth-order valence-corrected chi connectivity index (χ4v) is 1.12. The summed E-state index contributed by atoms with van der Waals surface area (Å²) in [5.74, 6) is 0. The molecular weight excluding hydrogens is 144 g/mol. The van der Waals surface area contributed by atoms with E-state index in [1.54, 1.807) is 0 Å². The van der Waals surface area contributed by atoms with Gasteiger partial charge in [0.05, 0.1) is 18.8 Å². The quantitative estimate of drug-likeness (QED) is 0.652. The van der Waals surface area contributed by atoms with Crippen LogP contribution in [-0.2, 0) is 9.47 Å². The van der Waals surface area contributed by atoms with Crippen molar-refractivity contribution in [1.82, 2.24) is 0 Å². The van der Waals surface area contributed by atoms with Crippen LogP contribution in [0.3, 0.4) is 0 Å². The van der Waals surface area contributed by atoms with Crippen LogP contribution in [0.25, 0.3) is 0 Å². The molecule has 11 heavy (non-hydrogen) atoms. The smallest absolute Gasteiger partial charge is 0.158 e. The van der Waals surface area contributed by atoms with Gasteiger partial charge >= 0.3 is 0 Å². The molecule has 1 rings (SSSR count). The predicted molar refractivity (Wildman–Crippen MR) is 41.2 cm³/mol. The second-order valence-corrected chi connectivity index (χ2v) is 3.18. The lowest BCUT2D eigenvalue weighted by Gasteiger charge is -2.27. The first-order valence-electron chi connectivity index (χ1n) is 4.13. The maximum absolute atomic E-state index is 9.08. The van der Waals surface area contributed by atoms with Crippen molar-refractivity contribution in [2.75, 3.05) is 6.61 Å². The van der Waals surface area contributed by atoms with E-state index in [0.29, 0.717) is 6.61 Å². The molecule has 0 spiro atoms. The van der Waals surface area contributed by atoms with Crippen LogP contribution in [0.2, 0.25) is 0 Å². The van der Waals surface area contributed by atoms with Gasteiger partial charge in [-0.05, 0) is 20.3 Å². The molecule has 1 N–H and O–H groups in total. The average molecular weight is 160 g/mol. The minimum Gasteiger partial charge on any atom is -0.391 e. The van der Waals surface area contributed by atoms with Gasteiger partial charge in [-0.1, -0.05) is 0 Å². The van der Waals surface area contributed by atoms with E-state index in [9.17, 15) is 0 Å². The van der Waals surface area contributed by atoms with Crippen LogP contribution in [0.1, 0.15) is 26.7 Å². The van der Waals surface area contributed by atoms with Crippen molar-refractivity contribution in [1.29, 1.82) is 0 Å². The van der Waals surface area contributed by atoms with Gasteiger partial charge in [0.25, 0.3) is 0 Å². The Morgan fingerprint density at radius 1 is 1.45 bits per heavy atom. The summed E-state index contributed by atoms with van der Waals surface area (Å²) in [5.41, 5.74) is 0. The van der Waals surface area contributed by atoms with E-state index in [0.717, 1.165) is 12.8 Å². The summed E-state index contributed by atoms with van der Waals surface area (Å²) in [6, 6.07) is 0. The molecule has 2 atom stereocenters. The number of aliphatic hydroxyl groups is 1. The van der Waals surface area contributed by atoms with Crippen molar-refractivity contribution in [3.05, 3.63) is 0 Å². The van der Waals surface area contributed by atoms with Crippen LogP contribution in [0.15, 0.2) is 0 Å². The standard InChI is InChI=1S/C8H16O3/c1-6(2)11-8-4-3-7(9)5-10-8/h6-9H,3-5H2,1-2H3. The van der Waals surface area contributed by atoms with E-state index < -0.39 is 0 Å². The highest BCUT2D eigenvalue weighted by Crippen LogP contribution is 2.15. The van der Waals surface area contributed by atoms with E-state index in [4.69, 9.17) is 14.6 Å². The molecule has 0 saturated carbocycles. The molecule has 1 aliphatic heterocycles. The second-order valence-electron chi connectivity index (χ2n) is 3.18. The monoisotopic (exact) mass is 160 g/mol. The first-order chi connectivity index (χ1) is 5.18. The summed E-state index contributed by atoms with van der Waals surface area (Å²) in [6.07, 6.45) is 1.41. The Morgan fingerprint density at radius 2 is 2.18 bits per heavy atom. The predicted octanol–water partition coefficient (Wildman–Crippen LogP) is 0.909. The van der Waals surface area contributed by atoms with Crippen LogP contribution >= 0.6 is 0 Å². The number of ether oxygens (including phenoxy) is 2. The number of hydrogen-bond donors (Lipinski definition) is 1. The molecule has 3 nitrogen and oxygen atoms in total. The molecule has 0 aromatic carbocycles. The van der Waals surface area contributed by atoms with Crippen molar-refractivity contribution >= 4 is 0 Å². The number of hydrogen-bond acceptors (Lipinski definition) is 3. The van der Waals surface area contributed by atoms with Crippen molar-refractivity contribution in [3.63, 3.8) is 0 Å². The minimum atomic E-state index is -0.290. The highest BCUT2D eigenvalue weighted by atomic mass is 16.7. The summed E-state index contributed by atoms with van der Waals surface area (Å²) < 4.78 is 10.6. The van der Waals surface area contributed by atoms with Gasteiger partial charge < -0.3 is 14.6 Å². The molecule has 66 valence electrons. The molecule has 1 aliphatic rings. The van der Waals surface area contributed by atoms with Crippen LogP contribution in [0.4, 0.5) is 0 Å². The van der Waals surface area contributed by atoms with Gasteiger partial charge in [0.2, 0.25) is 0 Å². The molecular formula is C8H16O3. The molecule has 0 aromatic heterocycles. The third-order valence-corrected chi connectivity index (χ3v) is 1.63. The van der Waals surface area contributed by atoms with Gasteiger partial charge in [-0.3, -0.25) is 0 Å². The maximum Gasteiger partial charge on any atom is 0.158 e. The first kappa shape index (κ1) is 8.97. The lowest BCUT2D eigenvalue weighted by molar-refractivity contribution is -0.201. The summed E-state index contributed by atoms with van der Waals surface area (Å²) in [5, 5.41) is 9.08. The van der Waals surface area contributed by atoms with Crippen molar-refractivity contribution in [2.45, 2.75) is 45.2 Å². The van der Waals surface area contributed by atoms with Crippen LogP contribution in [-0.4, -0.2) is 30.2 Å². The highest BCUT2D eigenvalue weighted by molar-refractivity contribution is 4.63. The van der Waals surface area contributed by atoms with Gasteiger partial charge in [0.1, 0.15) is 0 Å². The molecule has 0 aliphatic carbocycles. The van der Waals surface area contributed by atoms with Crippen LogP contribution in [0, 0.1) is 0 Å². The molecule has 0 bridgehead atoms. The lowest BCUT2D eigenvalue weighted by atomic mass is 10.1. The van der Waals surface area contributed by atoms with Gasteiger partial charge in [-0.25, -0.2) is 0 Å². The van der Waals surface area contributed by atoms with E-state index in [-0.39, 0.29) is 18.5 Å². The third-order valence-electron chi connectivity index (χ3n) is 1.63. The Labute approximate surface area is 67.3 Å². The molecule has 1 saturated heterocycles. The Morgan fingerprint density at radius 3 is 2.64 bits per heavy atom. The van der Waals surface area contributed by atoms with Gasteiger partial charge in [-0.2, -0.15) is 0 Å². The average Bonchev–Trinajstić information content (AvgIpc) is 1.93. The largest absolute Gasteiger partial charge is 0.391 e. The molecule has 3 heteroatoms. The van der Waals surface area contributed by atoms with Gasteiger partial charge in [-0.15, -0.1) is 0 Å². The van der Waals surface area contributed by atoms with E-state index in [2.05, 4.69) is 0 Å². The zero-order valence-corrected chi connectivity index (χ0v) is 7.12. The molecule has 0 aromatic rings. The molecule has 0 radical (unpaired) electrons. The van der Waals surface area contributed by atoms with Crippen LogP contribution < -0.4 is 0 Å². The van der Waals surface area contributed by atoms with Gasteiger partial charge in [0, 0.05) is 6.42 Å². The SMILES string of the molecule is CC(C)OC1CCC(O)CO1. The highest BCUT2D eigenvalue weighted by Gasteiger charge is 2.20. The third kappa shape index (κ3) is 3.18. The molecule has 0 amide bonds. The van der Waals surface area contributed by atoms with E-state index >= 15 is 0 Å². The van der Waals surface area contributed by atoms with Crippen molar-refractivity contribution in [3.8, 4) is 0 Å². The molecule has 1 heterocycles. The Balaban J connectivity index is 2.17. The maximum atomic E-state index is 9.08. The van der Waals surface area contributed by atoms with Crippen LogP contribution in [0.5, 0.6) is 0 Å². The Bertz CT molecular complexity index is 106. The summed E-state index contributed by atoms with van der Waals surface area (Å²) in [4.78, 5) is 0. The van der Waals surface area contributed by atoms with E-state index in [1.165, 1.54) is 0 Å². The topological polar surface area (TPSA) is 38.7 Å². The molecule has 2 unspecified atom stereocenters. The summed E-state index contributed by atoms with van der Waals surface area (Å²) in [6.45, 7) is 4.38. The summed E-state index contributed by atoms with van der Waals surface area (Å²) >= 11 is 0. The van der Waals surface area contributed by atoms with Crippen molar-refractivity contribution < 1.29 is 14.6 Å². The Kier molecular flexibility index (Phi) is 3.30. The zero-order chi connectivity index (χ0) is 8.27. The fourth-order valence-electron chi connectivity index (χ4n) is 1.12. The zero-order valence-electron chi connectivity index (χ0n) is 7.12.